The average molecular weight is 424 g/mol. The molecule has 3 aromatic rings. The molecule has 7 heteroatoms. The van der Waals surface area contributed by atoms with Crippen LogP contribution < -0.4 is 10.3 Å². The Morgan fingerprint density at radius 3 is 2.48 bits per heavy atom. The smallest absolute Gasteiger partial charge is 0.336 e. The van der Waals surface area contributed by atoms with Gasteiger partial charge in [-0.1, -0.05) is 31.2 Å². The molecule has 0 saturated heterocycles. The second-order valence-corrected chi connectivity index (χ2v) is 7.39. The number of benzene rings is 2. The number of aryl methyl sites for hydroxylation is 1. The zero-order chi connectivity index (χ0) is 22.4. The second-order valence-electron chi connectivity index (χ2n) is 7.39. The summed E-state index contributed by atoms with van der Waals surface area (Å²) in [4.78, 5) is 29.0. The van der Waals surface area contributed by atoms with Crippen LogP contribution in [0.5, 0.6) is 5.75 Å². The molecular weight excluding hydrogens is 396 g/mol. The van der Waals surface area contributed by atoms with Gasteiger partial charge in [0.05, 0.1) is 17.4 Å². The first kappa shape index (κ1) is 22.5. The fourth-order valence-electron chi connectivity index (χ4n) is 3.67. The van der Waals surface area contributed by atoms with E-state index in [1.54, 1.807) is 29.7 Å². The number of para-hydroxylation sites is 1. The van der Waals surface area contributed by atoms with E-state index in [1.807, 2.05) is 44.2 Å². The summed E-state index contributed by atoms with van der Waals surface area (Å²) >= 11 is 0. The Balaban J connectivity index is 1.66. The minimum absolute atomic E-state index is 0.0810. The lowest BCUT2D eigenvalue weighted by molar-refractivity contribution is -0.166. The SMILES string of the molecule is CCOC(CC)(Cc1ccc(OCCn2c(C)nc3ccccc3c2=O)cc1)C(=O)O. The number of carbonyl (C=O) groups is 1. The molecule has 2 aromatic carbocycles. The normalized spacial score (nSPS) is 13.1. The highest BCUT2D eigenvalue weighted by atomic mass is 16.5. The van der Waals surface area contributed by atoms with Crippen molar-refractivity contribution in [1.29, 1.82) is 0 Å². The number of aliphatic carboxylic acids is 1. The molecule has 7 nitrogen and oxygen atoms in total. The summed E-state index contributed by atoms with van der Waals surface area (Å²) in [5, 5.41) is 10.2. The van der Waals surface area contributed by atoms with Crippen LogP contribution >= 0.6 is 0 Å². The van der Waals surface area contributed by atoms with Crippen LogP contribution in [0.3, 0.4) is 0 Å². The third-order valence-corrected chi connectivity index (χ3v) is 5.43. The molecule has 1 N–H and O–H groups in total. The van der Waals surface area contributed by atoms with Gasteiger partial charge in [0.15, 0.2) is 5.60 Å². The number of carboxylic acids is 1. The molecule has 1 aromatic heterocycles. The Labute approximate surface area is 181 Å². The van der Waals surface area contributed by atoms with Gasteiger partial charge < -0.3 is 14.6 Å². The van der Waals surface area contributed by atoms with Gasteiger partial charge in [-0.25, -0.2) is 9.78 Å². The molecule has 164 valence electrons. The van der Waals surface area contributed by atoms with Gasteiger partial charge in [0.2, 0.25) is 0 Å². The summed E-state index contributed by atoms with van der Waals surface area (Å²) in [6.07, 6.45) is 0.659. The quantitative estimate of drug-likeness (QED) is 0.535. The van der Waals surface area contributed by atoms with Crippen LogP contribution in [0.15, 0.2) is 53.3 Å². The number of hydrogen-bond acceptors (Lipinski definition) is 5. The van der Waals surface area contributed by atoms with E-state index in [4.69, 9.17) is 9.47 Å². The number of aromatic nitrogens is 2. The number of carboxylic acid groups (broad SMARTS) is 1. The number of nitrogens with zero attached hydrogens (tertiary/aromatic N) is 2. The number of rotatable bonds is 10. The predicted molar refractivity (Wildman–Crippen MR) is 119 cm³/mol. The highest BCUT2D eigenvalue weighted by molar-refractivity contribution is 5.78. The van der Waals surface area contributed by atoms with Crippen molar-refractivity contribution in [2.24, 2.45) is 0 Å². The Hall–Kier alpha value is -3.19. The Bertz CT molecular complexity index is 1110. The van der Waals surface area contributed by atoms with Crippen LogP contribution in [0.25, 0.3) is 10.9 Å². The van der Waals surface area contributed by atoms with Gasteiger partial charge in [-0.15, -0.1) is 0 Å². The van der Waals surface area contributed by atoms with Crippen LogP contribution in [-0.4, -0.2) is 39.4 Å². The summed E-state index contributed by atoms with van der Waals surface area (Å²) < 4.78 is 13.0. The van der Waals surface area contributed by atoms with Gasteiger partial charge >= 0.3 is 5.97 Å². The van der Waals surface area contributed by atoms with Crippen molar-refractivity contribution in [3.05, 3.63) is 70.3 Å². The lowest BCUT2D eigenvalue weighted by Crippen LogP contribution is -2.43. The maximum absolute atomic E-state index is 12.7. The Kier molecular flexibility index (Phi) is 7.07. The molecule has 0 bridgehead atoms. The molecule has 0 saturated carbocycles. The number of ether oxygens (including phenoxy) is 2. The van der Waals surface area contributed by atoms with Crippen molar-refractivity contribution in [2.45, 2.75) is 45.8 Å². The third kappa shape index (κ3) is 4.94. The molecule has 1 atom stereocenters. The highest BCUT2D eigenvalue weighted by Gasteiger charge is 2.37. The highest BCUT2D eigenvalue weighted by Crippen LogP contribution is 2.24. The molecule has 0 spiro atoms. The monoisotopic (exact) mass is 424 g/mol. The molecule has 0 amide bonds. The van der Waals surface area contributed by atoms with Crippen LogP contribution in [-0.2, 0) is 22.5 Å². The van der Waals surface area contributed by atoms with Crippen molar-refractivity contribution in [3.63, 3.8) is 0 Å². The maximum Gasteiger partial charge on any atom is 0.336 e. The van der Waals surface area contributed by atoms with Gasteiger partial charge in [0, 0.05) is 13.0 Å². The molecule has 1 unspecified atom stereocenters. The predicted octanol–water partition coefficient (Wildman–Crippen LogP) is 3.60. The van der Waals surface area contributed by atoms with E-state index >= 15 is 0 Å². The zero-order valence-electron chi connectivity index (χ0n) is 18.1. The molecule has 31 heavy (non-hydrogen) atoms. The van der Waals surface area contributed by atoms with E-state index < -0.39 is 11.6 Å². The van der Waals surface area contributed by atoms with Crippen LogP contribution in [0, 0.1) is 6.92 Å². The van der Waals surface area contributed by atoms with E-state index in [9.17, 15) is 14.7 Å². The molecule has 0 radical (unpaired) electrons. The second kappa shape index (κ2) is 9.75. The maximum atomic E-state index is 12.7. The Morgan fingerprint density at radius 2 is 1.84 bits per heavy atom. The standard InChI is InChI=1S/C24H28N2O5/c1-4-24(23(28)29,31-5-2)16-18-10-12-19(13-11-18)30-15-14-26-17(3)25-21-9-7-6-8-20(21)22(26)27/h6-13H,4-5,14-16H2,1-3H3,(H,28,29). The van der Waals surface area contributed by atoms with Gasteiger partial charge in [-0.2, -0.15) is 0 Å². The fourth-order valence-corrected chi connectivity index (χ4v) is 3.67. The molecule has 0 fully saturated rings. The summed E-state index contributed by atoms with van der Waals surface area (Å²) in [5.41, 5.74) is 0.242. The van der Waals surface area contributed by atoms with Crippen molar-refractivity contribution >= 4 is 16.9 Å². The van der Waals surface area contributed by atoms with Crippen molar-refractivity contribution in [1.82, 2.24) is 9.55 Å². The molecule has 0 aliphatic rings. The summed E-state index contributed by atoms with van der Waals surface area (Å²) in [6.45, 7) is 6.45. The van der Waals surface area contributed by atoms with E-state index in [0.717, 1.165) is 5.56 Å². The van der Waals surface area contributed by atoms with Crippen LogP contribution in [0.1, 0.15) is 31.7 Å². The topological polar surface area (TPSA) is 90.7 Å². The van der Waals surface area contributed by atoms with Crippen LogP contribution in [0.2, 0.25) is 0 Å². The minimum Gasteiger partial charge on any atom is -0.492 e. The van der Waals surface area contributed by atoms with E-state index in [2.05, 4.69) is 4.98 Å². The average Bonchev–Trinajstić information content (AvgIpc) is 2.76. The first-order valence-electron chi connectivity index (χ1n) is 10.5. The van der Waals surface area contributed by atoms with E-state index in [1.165, 1.54) is 0 Å². The largest absolute Gasteiger partial charge is 0.492 e. The first-order chi connectivity index (χ1) is 14.9. The molecule has 3 rings (SSSR count). The molecule has 1 heterocycles. The number of fused-ring (bicyclic) bond motifs is 1. The molecule has 0 aliphatic heterocycles. The summed E-state index contributed by atoms with van der Waals surface area (Å²) in [5.74, 6) is 0.335. The van der Waals surface area contributed by atoms with Gasteiger partial charge in [-0.3, -0.25) is 9.36 Å². The van der Waals surface area contributed by atoms with Crippen molar-refractivity contribution in [3.8, 4) is 5.75 Å². The minimum atomic E-state index is -1.22. The number of hydrogen-bond donors (Lipinski definition) is 1. The van der Waals surface area contributed by atoms with Crippen molar-refractivity contribution < 1.29 is 19.4 Å². The Morgan fingerprint density at radius 1 is 1.13 bits per heavy atom. The zero-order valence-corrected chi connectivity index (χ0v) is 18.1. The van der Waals surface area contributed by atoms with Gasteiger partial charge in [0.25, 0.3) is 5.56 Å². The van der Waals surface area contributed by atoms with E-state index in [-0.39, 0.29) is 12.0 Å². The summed E-state index contributed by atoms with van der Waals surface area (Å²) in [6, 6.07) is 14.6. The first-order valence-corrected chi connectivity index (χ1v) is 10.5. The van der Waals surface area contributed by atoms with Crippen molar-refractivity contribution in [2.75, 3.05) is 13.2 Å². The third-order valence-electron chi connectivity index (χ3n) is 5.43. The molecular formula is C24H28N2O5. The van der Waals surface area contributed by atoms with Gasteiger partial charge in [0.1, 0.15) is 18.2 Å². The summed E-state index contributed by atoms with van der Waals surface area (Å²) in [7, 11) is 0. The lowest BCUT2D eigenvalue weighted by Gasteiger charge is -2.28. The lowest BCUT2D eigenvalue weighted by atomic mass is 9.91. The van der Waals surface area contributed by atoms with Gasteiger partial charge in [-0.05, 0) is 50.1 Å². The van der Waals surface area contributed by atoms with E-state index in [0.29, 0.717) is 48.7 Å². The van der Waals surface area contributed by atoms with Crippen LogP contribution in [0.4, 0.5) is 0 Å². The fraction of sp³-hybridized carbons (Fsp3) is 0.375. The molecule has 0 aliphatic carbocycles.